The molecule has 2 amide bonds. The number of carbonyl (C=O) groups excluding carboxylic acids is 2. The fourth-order valence-corrected chi connectivity index (χ4v) is 3.32. The van der Waals surface area contributed by atoms with Crippen molar-refractivity contribution in [1.29, 1.82) is 0 Å². The van der Waals surface area contributed by atoms with Crippen LogP contribution in [0.4, 0.5) is 19.0 Å². The Morgan fingerprint density at radius 1 is 1.06 bits per heavy atom. The first-order valence-corrected chi connectivity index (χ1v) is 8.64. The van der Waals surface area contributed by atoms with E-state index in [-0.39, 0.29) is 17.1 Å². The third-order valence-electron chi connectivity index (χ3n) is 4.98. The minimum absolute atomic E-state index is 0.0609. The second-order valence-corrected chi connectivity index (χ2v) is 6.66. The highest BCUT2D eigenvalue weighted by Gasteiger charge is 2.68. The Labute approximate surface area is 172 Å². The molecule has 10 nitrogen and oxygen atoms in total. The molecular formula is C18H17F3N4O6. The number of nitrogens with one attached hydrogen (secondary N) is 2. The fourth-order valence-electron chi connectivity index (χ4n) is 3.32. The van der Waals surface area contributed by atoms with Gasteiger partial charge < -0.3 is 20.1 Å². The Balaban J connectivity index is 2.23. The van der Waals surface area contributed by atoms with E-state index in [4.69, 9.17) is 9.47 Å². The van der Waals surface area contributed by atoms with Gasteiger partial charge in [0.05, 0.1) is 14.2 Å². The average molecular weight is 442 g/mol. The van der Waals surface area contributed by atoms with Crippen LogP contribution in [0.1, 0.15) is 15.9 Å². The molecule has 0 radical (unpaired) electrons. The summed E-state index contributed by atoms with van der Waals surface area (Å²) in [4.78, 5) is 50.0. The van der Waals surface area contributed by atoms with E-state index < -0.39 is 46.2 Å². The van der Waals surface area contributed by atoms with Gasteiger partial charge in [-0.3, -0.25) is 23.5 Å². The molecule has 3 rings (SSSR count). The number of aromatic nitrogens is 2. The first-order chi connectivity index (χ1) is 14.4. The van der Waals surface area contributed by atoms with Crippen molar-refractivity contribution in [3.8, 4) is 11.5 Å². The van der Waals surface area contributed by atoms with Crippen LogP contribution >= 0.6 is 0 Å². The summed E-state index contributed by atoms with van der Waals surface area (Å²) in [7, 11) is 4.65. The van der Waals surface area contributed by atoms with Gasteiger partial charge in [-0.2, -0.15) is 13.2 Å². The average Bonchev–Trinajstić information content (AvgIpc) is 3.03. The van der Waals surface area contributed by atoms with Gasteiger partial charge in [-0.25, -0.2) is 4.79 Å². The number of fused-ring (bicyclic) bond motifs is 1. The van der Waals surface area contributed by atoms with Gasteiger partial charge >= 0.3 is 11.9 Å². The normalized spacial score (nSPS) is 17.7. The van der Waals surface area contributed by atoms with Crippen molar-refractivity contribution in [1.82, 2.24) is 14.5 Å². The third-order valence-corrected chi connectivity index (χ3v) is 4.98. The zero-order valence-corrected chi connectivity index (χ0v) is 16.7. The maximum Gasteiger partial charge on any atom is 0.425 e. The lowest BCUT2D eigenvalue weighted by molar-refractivity contribution is -0.196. The number of alkyl halides is 3. The molecule has 1 atom stereocenters. The Hall–Kier alpha value is -3.77. The van der Waals surface area contributed by atoms with Gasteiger partial charge in [0.1, 0.15) is 11.4 Å². The van der Waals surface area contributed by atoms with Gasteiger partial charge in [0, 0.05) is 19.7 Å². The standard InChI is InChI=1S/C18H17F3N4O6/c1-24-12-11(14(27)25(2)16(24)29)17(15(28)22-12,18(19,20)21)23-13(26)8-5-6-9(30-3)10(7-8)31-4/h5-7H,1-4H3,(H,22,28)(H,23,26)/t17-/m0/s1. The zero-order valence-electron chi connectivity index (χ0n) is 16.7. The fraction of sp³-hybridized carbons (Fsp3) is 0.333. The lowest BCUT2D eigenvalue weighted by atomic mass is 9.91. The molecule has 13 heteroatoms. The maximum absolute atomic E-state index is 14.3. The van der Waals surface area contributed by atoms with Crippen LogP contribution in [0.5, 0.6) is 11.5 Å². The van der Waals surface area contributed by atoms with Crippen LogP contribution in [0.15, 0.2) is 27.8 Å². The minimum Gasteiger partial charge on any atom is -0.493 e. The van der Waals surface area contributed by atoms with E-state index in [1.54, 1.807) is 5.32 Å². The summed E-state index contributed by atoms with van der Waals surface area (Å²) in [6.07, 6.45) is -5.42. The predicted molar refractivity (Wildman–Crippen MR) is 100 cm³/mol. The van der Waals surface area contributed by atoms with Crippen LogP contribution in [0, 0.1) is 0 Å². The molecule has 2 heterocycles. The van der Waals surface area contributed by atoms with Gasteiger partial charge in [0.2, 0.25) is 0 Å². The maximum atomic E-state index is 14.3. The lowest BCUT2D eigenvalue weighted by Crippen LogP contribution is -2.62. The SMILES string of the molecule is COc1ccc(C(=O)N[C@]2(C(F)(F)F)C(=O)Nc3c2c(=O)n(C)c(=O)n3C)cc1OC. The largest absolute Gasteiger partial charge is 0.493 e. The number of rotatable bonds is 4. The first-order valence-electron chi connectivity index (χ1n) is 8.64. The van der Waals surface area contributed by atoms with Crippen LogP contribution in [0.2, 0.25) is 0 Å². The Morgan fingerprint density at radius 2 is 1.68 bits per heavy atom. The molecule has 1 aromatic heterocycles. The number of benzene rings is 1. The number of halogens is 3. The summed E-state index contributed by atoms with van der Waals surface area (Å²) in [6.45, 7) is 0. The molecule has 0 saturated heterocycles. The van der Waals surface area contributed by atoms with Crippen molar-refractivity contribution in [3.63, 3.8) is 0 Å². The number of hydrogen-bond donors (Lipinski definition) is 2. The van der Waals surface area contributed by atoms with E-state index in [2.05, 4.69) is 0 Å². The topological polar surface area (TPSA) is 121 Å². The Morgan fingerprint density at radius 3 is 2.23 bits per heavy atom. The molecule has 1 aliphatic heterocycles. The van der Waals surface area contributed by atoms with Gasteiger partial charge in [0.15, 0.2) is 11.5 Å². The van der Waals surface area contributed by atoms with Gasteiger partial charge in [-0.15, -0.1) is 0 Å². The van der Waals surface area contributed by atoms with E-state index >= 15 is 0 Å². The summed E-state index contributed by atoms with van der Waals surface area (Å²) in [5.74, 6) is -3.40. The summed E-state index contributed by atoms with van der Waals surface area (Å²) < 4.78 is 54.0. The number of ether oxygens (including phenoxy) is 2. The number of hydrogen-bond acceptors (Lipinski definition) is 6. The third kappa shape index (κ3) is 3.04. The molecule has 31 heavy (non-hydrogen) atoms. The summed E-state index contributed by atoms with van der Waals surface area (Å²) in [5.41, 5.74) is -7.44. The highest BCUT2D eigenvalue weighted by molar-refractivity contribution is 6.09. The number of methoxy groups -OCH3 is 2. The van der Waals surface area contributed by atoms with Crippen molar-refractivity contribution >= 4 is 17.6 Å². The van der Waals surface area contributed by atoms with Crippen LogP contribution in [-0.2, 0) is 24.4 Å². The van der Waals surface area contributed by atoms with Crippen molar-refractivity contribution in [2.75, 3.05) is 19.5 Å². The van der Waals surface area contributed by atoms with Crippen molar-refractivity contribution < 1.29 is 32.2 Å². The smallest absolute Gasteiger partial charge is 0.425 e. The number of nitrogens with zero attached hydrogens (tertiary/aromatic N) is 2. The van der Waals surface area contributed by atoms with E-state index in [0.29, 0.717) is 9.13 Å². The van der Waals surface area contributed by atoms with Gasteiger partial charge in [-0.05, 0) is 18.2 Å². The zero-order chi connectivity index (χ0) is 23.3. The Bertz CT molecular complexity index is 1220. The molecule has 0 saturated carbocycles. The number of carbonyl (C=O) groups is 2. The molecule has 2 aromatic rings. The molecule has 0 unspecified atom stereocenters. The molecule has 0 fully saturated rings. The molecular weight excluding hydrogens is 425 g/mol. The number of amides is 2. The molecule has 1 aromatic carbocycles. The second kappa shape index (κ2) is 7.18. The van der Waals surface area contributed by atoms with Crippen LogP contribution in [0.3, 0.4) is 0 Å². The molecule has 0 bridgehead atoms. The molecule has 2 N–H and O–H groups in total. The monoisotopic (exact) mass is 442 g/mol. The Kier molecular flexibility index (Phi) is 5.08. The van der Waals surface area contributed by atoms with Crippen molar-refractivity contribution in [2.45, 2.75) is 11.7 Å². The van der Waals surface area contributed by atoms with E-state index in [1.165, 1.54) is 20.3 Å². The van der Waals surface area contributed by atoms with Gasteiger partial charge in [-0.1, -0.05) is 0 Å². The van der Waals surface area contributed by atoms with Gasteiger partial charge in [0.25, 0.3) is 22.9 Å². The highest BCUT2D eigenvalue weighted by Crippen LogP contribution is 2.45. The van der Waals surface area contributed by atoms with Crippen molar-refractivity contribution in [2.24, 2.45) is 14.1 Å². The van der Waals surface area contributed by atoms with Crippen molar-refractivity contribution in [3.05, 3.63) is 50.2 Å². The summed E-state index contributed by atoms with van der Waals surface area (Å²) in [6, 6.07) is 3.57. The summed E-state index contributed by atoms with van der Waals surface area (Å²) in [5, 5.41) is 3.56. The first kappa shape index (κ1) is 21.9. The second-order valence-electron chi connectivity index (χ2n) is 6.66. The lowest BCUT2D eigenvalue weighted by Gasteiger charge is -2.30. The number of anilines is 1. The highest BCUT2D eigenvalue weighted by atomic mass is 19.4. The molecule has 1 aliphatic rings. The van der Waals surface area contributed by atoms with Crippen LogP contribution < -0.4 is 31.4 Å². The van der Waals surface area contributed by atoms with E-state index in [9.17, 15) is 32.3 Å². The summed E-state index contributed by atoms with van der Waals surface area (Å²) >= 11 is 0. The van der Waals surface area contributed by atoms with E-state index in [1.807, 2.05) is 5.32 Å². The predicted octanol–water partition coefficient (Wildman–Crippen LogP) is 0.241. The quantitative estimate of drug-likeness (QED) is 0.700. The molecule has 0 spiro atoms. The van der Waals surface area contributed by atoms with Crippen LogP contribution in [0.25, 0.3) is 0 Å². The minimum atomic E-state index is -5.42. The molecule has 0 aliphatic carbocycles. The molecule has 166 valence electrons. The van der Waals surface area contributed by atoms with Crippen LogP contribution in [-0.4, -0.2) is 41.3 Å². The van der Waals surface area contributed by atoms with E-state index in [0.717, 1.165) is 26.2 Å².